The summed E-state index contributed by atoms with van der Waals surface area (Å²) in [6, 6.07) is 4.97. The van der Waals surface area contributed by atoms with E-state index in [1.165, 1.54) is 6.33 Å². The van der Waals surface area contributed by atoms with E-state index >= 15 is 0 Å². The molecule has 3 rings (SSSR count). The number of allylic oxidation sites excluding steroid dienone is 1. The molecule has 1 aromatic heterocycles. The van der Waals surface area contributed by atoms with Gasteiger partial charge in [0.2, 0.25) is 5.95 Å². The molecular formula is C17H20N4O4. The van der Waals surface area contributed by atoms with E-state index in [2.05, 4.69) is 15.4 Å². The van der Waals surface area contributed by atoms with Gasteiger partial charge in [0.05, 0.1) is 26.4 Å². The van der Waals surface area contributed by atoms with Crippen LogP contribution in [0.3, 0.4) is 0 Å². The molecule has 2 heterocycles. The number of carbonyl (C=O) groups is 1. The summed E-state index contributed by atoms with van der Waals surface area (Å²) in [5.74, 6) is 1.23. The summed E-state index contributed by atoms with van der Waals surface area (Å²) in [5, 5.41) is 7.37. The SMILES string of the molecule is CCOC(=O)C1=C(C)Nc2ncnn2[C@@H]1c1cccc(OC)c1OC. The molecular weight excluding hydrogens is 324 g/mol. The lowest BCUT2D eigenvalue weighted by Gasteiger charge is -2.29. The van der Waals surface area contributed by atoms with Crippen molar-refractivity contribution in [3.63, 3.8) is 0 Å². The van der Waals surface area contributed by atoms with E-state index < -0.39 is 12.0 Å². The predicted octanol–water partition coefficient (Wildman–Crippen LogP) is 2.15. The highest BCUT2D eigenvalue weighted by atomic mass is 16.5. The molecule has 132 valence electrons. The van der Waals surface area contributed by atoms with Crippen molar-refractivity contribution in [3.05, 3.63) is 41.4 Å². The van der Waals surface area contributed by atoms with Crippen LogP contribution < -0.4 is 14.8 Å². The van der Waals surface area contributed by atoms with Gasteiger partial charge in [-0.15, -0.1) is 0 Å². The van der Waals surface area contributed by atoms with Crippen molar-refractivity contribution in [2.24, 2.45) is 0 Å². The van der Waals surface area contributed by atoms with Gasteiger partial charge in [-0.25, -0.2) is 9.48 Å². The number of nitrogens with one attached hydrogen (secondary N) is 1. The quantitative estimate of drug-likeness (QED) is 0.832. The topological polar surface area (TPSA) is 87.5 Å². The van der Waals surface area contributed by atoms with Gasteiger partial charge in [0.15, 0.2) is 11.5 Å². The normalized spacial score (nSPS) is 16.1. The summed E-state index contributed by atoms with van der Waals surface area (Å²) in [6.07, 6.45) is 1.43. The lowest BCUT2D eigenvalue weighted by atomic mass is 9.94. The summed E-state index contributed by atoms with van der Waals surface area (Å²) in [4.78, 5) is 16.8. The van der Waals surface area contributed by atoms with Crippen molar-refractivity contribution in [2.75, 3.05) is 26.1 Å². The van der Waals surface area contributed by atoms with E-state index in [4.69, 9.17) is 14.2 Å². The second-order valence-corrected chi connectivity index (χ2v) is 5.40. The van der Waals surface area contributed by atoms with Gasteiger partial charge in [0.25, 0.3) is 0 Å². The molecule has 0 radical (unpaired) electrons. The number of anilines is 1. The van der Waals surface area contributed by atoms with Crippen LogP contribution in [0.4, 0.5) is 5.95 Å². The highest BCUT2D eigenvalue weighted by Crippen LogP contribution is 2.42. The summed E-state index contributed by atoms with van der Waals surface area (Å²) in [5.41, 5.74) is 1.85. The maximum Gasteiger partial charge on any atom is 0.338 e. The average Bonchev–Trinajstić information content (AvgIpc) is 3.07. The molecule has 1 aliphatic heterocycles. The minimum Gasteiger partial charge on any atom is -0.493 e. The molecule has 1 aliphatic rings. The number of para-hydroxylation sites is 1. The zero-order valence-corrected chi connectivity index (χ0v) is 14.6. The van der Waals surface area contributed by atoms with Crippen molar-refractivity contribution >= 4 is 11.9 Å². The minimum absolute atomic E-state index is 0.280. The van der Waals surface area contributed by atoms with Crippen LogP contribution >= 0.6 is 0 Å². The molecule has 2 aromatic rings. The zero-order valence-electron chi connectivity index (χ0n) is 14.6. The Kier molecular flexibility index (Phi) is 4.60. The summed E-state index contributed by atoms with van der Waals surface area (Å²) < 4.78 is 17.8. The fraction of sp³-hybridized carbons (Fsp3) is 0.353. The molecule has 1 aromatic carbocycles. The van der Waals surface area contributed by atoms with Gasteiger partial charge in [0, 0.05) is 11.3 Å². The number of benzene rings is 1. The number of rotatable bonds is 5. The van der Waals surface area contributed by atoms with Gasteiger partial charge < -0.3 is 19.5 Å². The number of methoxy groups -OCH3 is 2. The highest BCUT2D eigenvalue weighted by molar-refractivity contribution is 5.92. The number of fused-ring (bicyclic) bond motifs is 1. The van der Waals surface area contributed by atoms with E-state index in [-0.39, 0.29) is 6.61 Å². The van der Waals surface area contributed by atoms with Gasteiger partial charge >= 0.3 is 5.97 Å². The van der Waals surface area contributed by atoms with Crippen molar-refractivity contribution in [2.45, 2.75) is 19.9 Å². The minimum atomic E-state index is -0.539. The zero-order chi connectivity index (χ0) is 18.0. The average molecular weight is 344 g/mol. The maximum absolute atomic E-state index is 12.6. The van der Waals surface area contributed by atoms with Crippen LogP contribution in [0.25, 0.3) is 0 Å². The molecule has 8 heteroatoms. The fourth-order valence-corrected chi connectivity index (χ4v) is 2.98. The molecule has 1 N–H and O–H groups in total. The van der Waals surface area contributed by atoms with E-state index in [1.54, 1.807) is 31.9 Å². The summed E-state index contributed by atoms with van der Waals surface area (Å²) >= 11 is 0. The molecule has 0 bridgehead atoms. The number of ether oxygens (including phenoxy) is 3. The predicted molar refractivity (Wildman–Crippen MR) is 90.7 cm³/mol. The Hall–Kier alpha value is -3.03. The van der Waals surface area contributed by atoms with Gasteiger partial charge in [-0.3, -0.25) is 0 Å². The van der Waals surface area contributed by atoms with Crippen molar-refractivity contribution in [3.8, 4) is 11.5 Å². The molecule has 0 amide bonds. The van der Waals surface area contributed by atoms with E-state index in [0.29, 0.717) is 28.7 Å². The lowest BCUT2D eigenvalue weighted by molar-refractivity contribution is -0.139. The highest BCUT2D eigenvalue weighted by Gasteiger charge is 2.36. The van der Waals surface area contributed by atoms with Gasteiger partial charge in [-0.1, -0.05) is 12.1 Å². The second-order valence-electron chi connectivity index (χ2n) is 5.40. The van der Waals surface area contributed by atoms with Crippen LogP contribution in [-0.4, -0.2) is 41.6 Å². The van der Waals surface area contributed by atoms with Gasteiger partial charge in [-0.05, 0) is 19.9 Å². The van der Waals surface area contributed by atoms with Crippen LogP contribution in [0.1, 0.15) is 25.5 Å². The summed E-state index contributed by atoms with van der Waals surface area (Å²) in [6.45, 7) is 3.86. The first kappa shape index (κ1) is 16.8. The first-order valence-corrected chi connectivity index (χ1v) is 7.87. The monoisotopic (exact) mass is 344 g/mol. The molecule has 0 unspecified atom stereocenters. The van der Waals surface area contributed by atoms with E-state index in [0.717, 1.165) is 5.56 Å². The Balaban J connectivity index is 2.22. The Morgan fingerprint density at radius 3 is 2.80 bits per heavy atom. The Bertz CT molecular complexity index is 828. The number of esters is 1. The van der Waals surface area contributed by atoms with E-state index in [1.807, 2.05) is 19.1 Å². The number of hydrogen-bond donors (Lipinski definition) is 1. The van der Waals surface area contributed by atoms with Crippen LogP contribution in [0.2, 0.25) is 0 Å². The van der Waals surface area contributed by atoms with Crippen LogP contribution in [0, 0.1) is 0 Å². The maximum atomic E-state index is 12.6. The van der Waals surface area contributed by atoms with E-state index in [9.17, 15) is 4.79 Å². The van der Waals surface area contributed by atoms with Gasteiger partial charge in [0.1, 0.15) is 12.4 Å². The Morgan fingerprint density at radius 1 is 1.32 bits per heavy atom. The smallest absolute Gasteiger partial charge is 0.338 e. The number of hydrogen-bond acceptors (Lipinski definition) is 7. The number of nitrogens with zero attached hydrogens (tertiary/aromatic N) is 3. The van der Waals surface area contributed by atoms with Crippen LogP contribution in [-0.2, 0) is 9.53 Å². The molecule has 0 aliphatic carbocycles. The fourth-order valence-electron chi connectivity index (χ4n) is 2.98. The third kappa shape index (κ3) is 2.79. The first-order chi connectivity index (χ1) is 12.1. The molecule has 0 spiro atoms. The van der Waals surface area contributed by atoms with Crippen molar-refractivity contribution in [1.29, 1.82) is 0 Å². The molecule has 1 atom stereocenters. The van der Waals surface area contributed by atoms with Gasteiger partial charge in [-0.2, -0.15) is 10.1 Å². The third-order valence-corrected chi connectivity index (χ3v) is 4.02. The number of aromatic nitrogens is 3. The Labute approximate surface area is 145 Å². The van der Waals surface area contributed by atoms with Crippen LogP contribution in [0.5, 0.6) is 11.5 Å². The van der Waals surface area contributed by atoms with Crippen LogP contribution in [0.15, 0.2) is 35.8 Å². The molecule has 8 nitrogen and oxygen atoms in total. The largest absolute Gasteiger partial charge is 0.493 e. The standard InChI is InChI=1S/C17H20N4O4/c1-5-25-16(22)13-10(2)20-17-18-9-19-21(17)14(13)11-7-6-8-12(23-3)15(11)24-4/h6-9,14H,5H2,1-4H3,(H,18,19,20)/t14-/m1/s1. The first-order valence-electron chi connectivity index (χ1n) is 7.87. The summed E-state index contributed by atoms with van der Waals surface area (Å²) in [7, 11) is 3.13. The molecule has 25 heavy (non-hydrogen) atoms. The van der Waals surface area contributed by atoms with Crippen molar-refractivity contribution < 1.29 is 19.0 Å². The third-order valence-electron chi connectivity index (χ3n) is 4.02. The Morgan fingerprint density at radius 2 is 2.12 bits per heavy atom. The van der Waals surface area contributed by atoms with Crippen molar-refractivity contribution in [1.82, 2.24) is 14.8 Å². The number of carbonyl (C=O) groups excluding carboxylic acids is 1. The molecule has 0 fully saturated rings. The second kappa shape index (κ2) is 6.84. The molecule has 0 saturated heterocycles. The molecule has 0 saturated carbocycles. The lowest BCUT2D eigenvalue weighted by Crippen LogP contribution is -2.30.